The van der Waals surface area contributed by atoms with Crippen molar-refractivity contribution in [2.75, 3.05) is 13.1 Å². The maximum absolute atomic E-state index is 14.1. The summed E-state index contributed by atoms with van der Waals surface area (Å²) >= 11 is 5.96. The molecule has 2 amide bonds. The standard InChI is InChI=1S/C27H30ClN5O5S/c1-17(2)14-22(32-26(35)23-15-30-20-6-3-4-7-21(20)31-23)27(36)33(24-8-5-13-29-16-25(24)34)39(37,38)19-11-9-18(28)10-12-19/h3-4,6-7,9-12,15,17,22,24,29H,5,8,13-14,16H2,1-2H3,(H,32,35)/t22?,24-/m0/s1. The van der Waals surface area contributed by atoms with E-state index in [4.69, 9.17) is 11.6 Å². The van der Waals surface area contributed by atoms with Gasteiger partial charge < -0.3 is 10.6 Å². The number of nitrogens with zero attached hydrogens (tertiary/aromatic N) is 3. The molecular weight excluding hydrogens is 542 g/mol. The van der Waals surface area contributed by atoms with Crippen LogP contribution in [0.2, 0.25) is 5.02 Å². The highest BCUT2D eigenvalue weighted by atomic mass is 35.5. The summed E-state index contributed by atoms with van der Waals surface area (Å²) in [4.78, 5) is 48.8. The van der Waals surface area contributed by atoms with Crippen LogP contribution in [0.25, 0.3) is 11.0 Å². The van der Waals surface area contributed by atoms with E-state index in [1.54, 1.807) is 24.3 Å². The molecule has 3 aromatic rings. The number of benzene rings is 2. The number of sulfonamides is 1. The molecule has 1 aliphatic rings. The molecule has 1 unspecified atom stereocenters. The zero-order valence-electron chi connectivity index (χ0n) is 21.6. The van der Waals surface area contributed by atoms with Crippen molar-refractivity contribution in [1.29, 1.82) is 0 Å². The number of carbonyl (C=O) groups excluding carboxylic acids is 3. The molecule has 0 saturated carbocycles. The Morgan fingerprint density at radius 3 is 2.51 bits per heavy atom. The molecule has 0 aliphatic carbocycles. The molecule has 206 valence electrons. The number of ketones is 1. The first-order valence-corrected chi connectivity index (χ1v) is 14.5. The predicted molar refractivity (Wildman–Crippen MR) is 147 cm³/mol. The normalized spacial score (nSPS) is 17.0. The van der Waals surface area contributed by atoms with E-state index in [0.29, 0.717) is 33.3 Å². The van der Waals surface area contributed by atoms with Crippen molar-refractivity contribution in [2.45, 2.75) is 50.1 Å². The molecule has 4 rings (SSSR count). The molecule has 2 heterocycles. The van der Waals surface area contributed by atoms with Gasteiger partial charge in [0.1, 0.15) is 17.8 Å². The number of para-hydroxylation sites is 2. The maximum atomic E-state index is 14.1. The van der Waals surface area contributed by atoms with Gasteiger partial charge in [0.2, 0.25) is 0 Å². The second kappa shape index (κ2) is 12.2. The van der Waals surface area contributed by atoms with Crippen molar-refractivity contribution in [3.8, 4) is 0 Å². The van der Waals surface area contributed by atoms with Crippen molar-refractivity contribution < 1.29 is 22.8 Å². The van der Waals surface area contributed by atoms with Crippen LogP contribution in [-0.4, -0.2) is 65.5 Å². The van der Waals surface area contributed by atoms with Gasteiger partial charge in [-0.15, -0.1) is 0 Å². The fraction of sp³-hybridized carbons (Fsp3) is 0.370. The zero-order chi connectivity index (χ0) is 28.2. The number of hydrogen-bond acceptors (Lipinski definition) is 8. The lowest BCUT2D eigenvalue weighted by molar-refractivity contribution is -0.135. The quantitative estimate of drug-likeness (QED) is 0.421. The Labute approximate surface area is 232 Å². The number of halogens is 1. The van der Waals surface area contributed by atoms with Crippen LogP contribution in [0.15, 0.2) is 59.6 Å². The second-order valence-electron chi connectivity index (χ2n) is 9.79. The first-order valence-electron chi connectivity index (χ1n) is 12.7. The van der Waals surface area contributed by atoms with Crippen molar-refractivity contribution in [2.24, 2.45) is 5.92 Å². The number of nitrogens with one attached hydrogen (secondary N) is 2. The van der Waals surface area contributed by atoms with E-state index in [2.05, 4.69) is 20.6 Å². The Balaban J connectivity index is 1.72. The maximum Gasteiger partial charge on any atom is 0.272 e. The van der Waals surface area contributed by atoms with Gasteiger partial charge in [0.25, 0.3) is 21.8 Å². The number of hydrogen-bond donors (Lipinski definition) is 2. The van der Waals surface area contributed by atoms with Crippen LogP contribution >= 0.6 is 11.6 Å². The molecule has 1 fully saturated rings. The lowest BCUT2D eigenvalue weighted by atomic mass is 10.0. The molecule has 1 saturated heterocycles. The number of Topliss-reactive ketones (excluding diaryl/α,β-unsaturated/α-hetero) is 1. The summed E-state index contributed by atoms with van der Waals surface area (Å²) in [6, 6.07) is 9.96. The van der Waals surface area contributed by atoms with Crippen LogP contribution in [-0.2, 0) is 19.6 Å². The van der Waals surface area contributed by atoms with E-state index in [-0.39, 0.29) is 35.9 Å². The van der Waals surface area contributed by atoms with Gasteiger partial charge in [-0.2, -0.15) is 0 Å². The summed E-state index contributed by atoms with van der Waals surface area (Å²) in [5.41, 5.74) is 1.09. The van der Waals surface area contributed by atoms with Gasteiger partial charge in [-0.25, -0.2) is 17.7 Å². The van der Waals surface area contributed by atoms with Crippen molar-refractivity contribution in [1.82, 2.24) is 24.9 Å². The Hall–Kier alpha value is -3.41. The van der Waals surface area contributed by atoms with Crippen LogP contribution < -0.4 is 10.6 Å². The lowest BCUT2D eigenvalue weighted by Crippen LogP contribution is -2.56. The van der Waals surface area contributed by atoms with Gasteiger partial charge in [-0.1, -0.05) is 37.6 Å². The third-order valence-electron chi connectivity index (χ3n) is 6.36. The van der Waals surface area contributed by atoms with Crippen LogP contribution in [0, 0.1) is 5.92 Å². The minimum atomic E-state index is -4.48. The molecule has 1 aromatic heterocycles. The highest BCUT2D eigenvalue weighted by Gasteiger charge is 2.43. The molecular formula is C27H30ClN5O5S. The first-order chi connectivity index (χ1) is 18.6. The number of fused-ring (bicyclic) bond motifs is 1. The molecule has 2 N–H and O–H groups in total. The van der Waals surface area contributed by atoms with E-state index in [0.717, 1.165) is 0 Å². The number of carbonyl (C=O) groups is 3. The highest BCUT2D eigenvalue weighted by Crippen LogP contribution is 2.26. The van der Waals surface area contributed by atoms with Crippen molar-refractivity contribution >= 4 is 50.3 Å². The van der Waals surface area contributed by atoms with E-state index < -0.39 is 39.7 Å². The Morgan fingerprint density at radius 1 is 1.13 bits per heavy atom. The Bertz CT molecular complexity index is 1480. The first kappa shape index (κ1) is 28.6. The average molecular weight is 572 g/mol. The summed E-state index contributed by atoms with van der Waals surface area (Å²) in [6.07, 6.45) is 2.09. The molecule has 1 aliphatic heterocycles. The molecule has 10 nitrogen and oxygen atoms in total. The second-order valence-corrected chi connectivity index (χ2v) is 12.0. The predicted octanol–water partition coefficient (Wildman–Crippen LogP) is 2.97. The largest absolute Gasteiger partial charge is 0.339 e. The molecule has 2 atom stereocenters. The van der Waals surface area contributed by atoms with Crippen molar-refractivity contribution in [3.63, 3.8) is 0 Å². The van der Waals surface area contributed by atoms with Gasteiger partial charge >= 0.3 is 0 Å². The molecule has 39 heavy (non-hydrogen) atoms. The van der Waals surface area contributed by atoms with E-state index in [9.17, 15) is 22.8 Å². The summed E-state index contributed by atoms with van der Waals surface area (Å²) in [7, 11) is -4.48. The van der Waals surface area contributed by atoms with Gasteiger partial charge in [0, 0.05) is 5.02 Å². The van der Waals surface area contributed by atoms with Crippen molar-refractivity contribution in [3.05, 3.63) is 65.4 Å². The third-order valence-corrected chi connectivity index (χ3v) is 8.44. The Morgan fingerprint density at radius 2 is 1.82 bits per heavy atom. The van der Waals surface area contributed by atoms with Crippen LogP contribution in [0.5, 0.6) is 0 Å². The third kappa shape index (κ3) is 6.60. The summed E-state index contributed by atoms with van der Waals surface area (Å²) < 4.78 is 28.4. The fourth-order valence-electron chi connectivity index (χ4n) is 4.46. The van der Waals surface area contributed by atoms with Gasteiger partial charge in [-0.3, -0.25) is 19.4 Å². The van der Waals surface area contributed by atoms with Crippen LogP contribution in [0.4, 0.5) is 0 Å². The molecule has 12 heteroatoms. The highest BCUT2D eigenvalue weighted by molar-refractivity contribution is 7.89. The minimum Gasteiger partial charge on any atom is -0.339 e. The summed E-state index contributed by atoms with van der Waals surface area (Å²) in [5.74, 6) is -2.08. The number of rotatable bonds is 8. The molecule has 2 aromatic carbocycles. The Kier molecular flexibility index (Phi) is 8.94. The van der Waals surface area contributed by atoms with E-state index in [1.807, 2.05) is 13.8 Å². The average Bonchev–Trinajstić information content (AvgIpc) is 3.12. The SMILES string of the molecule is CC(C)CC(NC(=O)c1cnc2ccccc2n1)C(=O)N([C@H]1CCCNCC1=O)S(=O)(=O)c1ccc(Cl)cc1. The minimum absolute atomic E-state index is 0.0166. The van der Waals surface area contributed by atoms with Gasteiger partial charge in [-0.05, 0) is 68.1 Å². The van der Waals surface area contributed by atoms with Gasteiger partial charge in [0.15, 0.2) is 5.78 Å². The number of amides is 2. The zero-order valence-corrected chi connectivity index (χ0v) is 23.2. The van der Waals surface area contributed by atoms with Crippen LogP contribution in [0.1, 0.15) is 43.6 Å². The lowest BCUT2D eigenvalue weighted by Gasteiger charge is -2.33. The van der Waals surface area contributed by atoms with Crippen LogP contribution in [0.3, 0.4) is 0 Å². The van der Waals surface area contributed by atoms with E-state index in [1.165, 1.54) is 30.5 Å². The summed E-state index contributed by atoms with van der Waals surface area (Å²) in [6.45, 7) is 4.14. The topological polar surface area (TPSA) is 138 Å². The summed E-state index contributed by atoms with van der Waals surface area (Å²) in [5, 5.41) is 5.95. The molecule has 0 bridgehead atoms. The van der Waals surface area contributed by atoms with E-state index >= 15 is 0 Å². The molecule has 0 radical (unpaired) electrons. The smallest absolute Gasteiger partial charge is 0.272 e. The fourth-order valence-corrected chi connectivity index (χ4v) is 6.22. The number of aromatic nitrogens is 2. The molecule has 0 spiro atoms. The van der Waals surface area contributed by atoms with Gasteiger partial charge in [0.05, 0.1) is 28.7 Å². The monoisotopic (exact) mass is 571 g/mol.